The first-order valence-electron chi connectivity index (χ1n) is 8.26. The van der Waals surface area contributed by atoms with Crippen LogP contribution >= 0.6 is 15.9 Å². The quantitative estimate of drug-likeness (QED) is 0.424. The normalized spacial score (nSPS) is 10.6. The van der Waals surface area contributed by atoms with Crippen molar-refractivity contribution in [1.82, 2.24) is 25.6 Å². The second-order valence-corrected chi connectivity index (χ2v) is 6.69. The average Bonchev–Trinajstić information content (AvgIpc) is 3.46. The molecule has 3 N–H and O–H groups in total. The van der Waals surface area contributed by atoms with Gasteiger partial charge in [0.1, 0.15) is 17.1 Å². The summed E-state index contributed by atoms with van der Waals surface area (Å²) in [4.78, 5) is 27.6. The van der Waals surface area contributed by atoms with E-state index in [-0.39, 0.29) is 5.69 Å². The lowest BCUT2D eigenvalue weighted by Crippen LogP contribution is -2.42. The molecule has 0 aliphatic rings. The van der Waals surface area contributed by atoms with Crippen molar-refractivity contribution < 1.29 is 14.0 Å². The van der Waals surface area contributed by atoms with Crippen LogP contribution in [0.15, 0.2) is 75.9 Å². The fourth-order valence-corrected chi connectivity index (χ4v) is 2.94. The fraction of sp³-hybridized carbons (Fsp3) is 0. The topological polar surface area (TPSA) is 105 Å². The van der Waals surface area contributed by atoms with E-state index in [4.69, 9.17) is 4.42 Å². The van der Waals surface area contributed by atoms with Gasteiger partial charge in [-0.25, -0.2) is 4.68 Å². The molecule has 3 heterocycles. The zero-order chi connectivity index (χ0) is 19.5. The van der Waals surface area contributed by atoms with Crippen LogP contribution in [0.25, 0.3) is 17.1 Å². The summed E-state index contributed by atoms with van der Waals surface area (Å²) in [6.45, 7) is 0. The Hall–Kier alpha value is -3.59. The summed E-state index contributed by atoms with van der Waals surface area (Å²) in [5, 5.41) is 4.47. The zero-order valence-electron chi connectivity index (χ0n) is 14.3. The Morgan fingerprint density at radius 2 is 1.82 bits per heavy atom. The SMILES string of the molecule is O=C(NNC(=O)c1cc(-c2ccco2)nn1-c1ccccc1)c1cc(Br)c[nH]1. The third-order valence-electron chi connectivity index (χ3n) is 3.90. The Morgan fingerprint density at radius 3 is 2.50 bits per heavy atom. The lowest BCUT2D eigenvalue weighted by Gasteiger charge is -2.09. The zero-order valence-corrected chi connectivity index (χ0v) is 15.9. The van der Waals surface area contributed by atoms with Crippen LogP contribution in [0.5, 0.6) is 0 Å². The molecule has 2 amide bonds. The molecular formula is C19H14BrN5O3. The lowest BCUT2D eigenvalue weighted by atomic mass is 10.3. The highest BCUT2D eigenvalue weighted by Gasteiger charge is 2.19. The number of rotatable bonds is 4. The summed E-state index contributed by atoms with van der Waals surface area (Å²) in [6.07, 6.45) is 3.15. The third-order valence-corrected chi connectivity index (χ3v) is 4.36. The molecule has 0 fully saturated rings. The number of hydrogen-bond acceptors (Lipinski definition) is 4. The first kappa shape index (κ1) is 17.8. The number of carbonyl (C=O) groups is 2. The number of furan rings is 1. The number of nitrogens with zero attached hydrogens (tertiary/aromatic N) is 2. The molecule has 0 aliphatic heterocycles. The van der Waals surface area contributed by atoms with Crippen LogP contribution in [0, 0.1) is 0 Å². The van der Waals surface area contributed by atoms with Crippen molar-refractivity contribution in [3.63, 3.8) is 0 Å². The first-order chi connectivity index (χ1) is 13.6. The molecule has 9 heteroatoms. The Labute approximate surface area is 167 Å². The highest BCUT2D eigenvalue weighted by molar-refractivity contribution is 9.10. The van der Waals surface area contributed by atoms with E-state index in [9.17, 15) is 9.59 Å². The number of carbonyl (C=O) groups excluding carboxylic acids is 2. The van der Waals surface area contributed by atoms with Crippen LogP contribution in [0.3, 0.4) is 0 Å². The monoisotopic (exact) mass is 439 g/mol. The standard InChI is InChI=1S/C19H14BrN5O3/c20-12-9-15(21-11-12)18(26)22-23-19(27)16-10-14(17-7-4-8-28-17)24-25(16)13-5-2-1-3-6-13/h1-11,21H,(H,22,26)(H,23,27). The predicted molar refractivity (Wildman–Crippen MR) is 105 cm³/mol. The lowest BCUT2D eigenvalue weighted by molar-refractivity contribution is 0.0840. The number of benzene rings is 1. The number of para-hydroxylation sites is 1. The van der Waals surface area contributed by atoms with Crippen molar-refractivity contribution in [3.05, 3.63) is 82.9 Å². The van der Waals surface area contributed by atoms with E-state index < -0.39 is 11.8 Å². The Kier molecular flexibility index (Phi) is 4.81. The summed E-state index contributed by atoms with van der Waals surface area (Å²) in [6, 6.07) is 15.9. The van der Waals surface area contributed by atoms with Crippen molar-refractivity contribution >= 4 is 27.7 Å². The van der Waals surface area contributed by atoms with Gasteiger partial charge in [-0.3, -0.25) is 20.4 Å². The molecule has 1 aromatic carbocycles. The molecular weight excluding hydrogens is 426 g/mol. The number of hydrogen-bond donors (Lipinski definition) is 3. The third kappa shape index (κ3) is 3.60. The van der Waals surface area contributed by atoms with Gasteiger partial charge < -0.3 is 9.40 Å². The Morgan fingerprint density at radius 1 is 1.04 bits per heavy atom. The largest absolute Gasteiger partial charge is 0.463 e. The van der Waals surface area contributed by atoms with E-state index in [1.165, 1.54) is 10.9 Å². The molecule has 3 aromatic heterocycles. The maximum Gasteiger partial charge on any atom is 0.288 e. The molecule has 0 atom stereocenters. The Bertz CT molecular complexity index is 1120. The maximum atomic E-state index is 12.7. The van der Waals surface area contributed by atoms with E-state index in [0.717, 1.165) is 4.47 Å². The van der Waals surface area contributed by atoms with E-state index in [2.05, 4.69) is 36.9 Å². The highest BCUT2D eigenvalue weighted by atomic mass is 79.9. The first-order valence-corrected chi connectivity index (χ1v) is 9.05. The molecule has 4 aromatic rings. The molecule has 0 spiro atoms. The van der Waals surface area contributed by atoms with Crippen LogP contribution in [-0.2, 0) is 0 Å². The molecule has 140 valence electrons. The van der Waals surface area contributed by atoms with Gasteiger partial charge >= 0.3 is 0 Å². The van der Waals surface area contributed by atoms with Crippen molar-refractivity contribution in [2.45, 2.75) is 0 Å². The number of H-pyrrole nitrogens is 1. The van der Waals surface area contributed by atoms with E-state index >= 15 is 0 Å². The van der Waals surface area contributed by atoms with Gasteiger partial charge in [-0.2, -0.15) is 5.10 Å². The van der Waals surface area contributed by atoms with Crippen LogP contribution < -0.4 is 10.9 Å². The summed E-state index contributed by atoms with van der Waals surface area (Å²) in [5.74, 6) is -0.465. The van der Waals surface area contributed by atoms with Crippen molar-refractivity contribution in [1.29, 1.82) is 0 Å². The predicted octanol–water partition coefficient (Wildman–Crippen LogP) is 3.30. The van der Waals surface area contributed by atoms with Crippen LogP contribution in [0.1, 0.15) is 21.0 Å². The molecule has 8 nitrogen and oxygen atoms in total. The fourth-order valence-electron chi connectivity index (χ4n) is 2.60. The number of amides is 2. The number of aromatic amines is 1. The van der Waals surface area contributed by atoms with E-state index in [1.54, 1.807) is 30.5 Å². The molecule has 28 heavy (non-hydrogen) atoms. The van der Waals surface area contributed by atoms with Gasteiger partial charge in [0.05, 0.1) is 12.0 Å². The van der Waals surface area contributed by atoms with Gasteiger partial charge in [0.15, 0.2) is 5.76 Å². The van der Waals surface area contributed by atoms with E-state index in [1.807, 2.05) is 30.3 Å². The highest BCUT2D eigenvalue weighted by Crippen LogP contribution is 2.22. The molecule has 0 unspecified atom stereocenters. The number of nitrogens with one attached hydrogen (secondary N) is 3. The average molecular weight is 440 g/mol. The van der Waals surface area contributed by atoms with Crippen molar-refractivity contribution in [2.75, 3.05) is 0 Å². The second-order valence-electron chi connectivity index (χ2n) is 5.78. The summed E-state index contributed by atoms with van der Waals surface area (Å²) < 4.78 is 7.60. The second kappa shape index (κ2) is 7.57. The van der Waals surface area contributed by atoms with Gasteiger partial charge in [-0.15, -0.1) is 0 Å². The van der Waals surface area contributed by atoms with Gasteiger partial charge in [0.25, 0.3) is 11.8 Å². The van der Waals surface area contributed by atoms with Crippen LogP contribution in [-0.4, -0.2) is 26.6 Å². The minimum atomic E-state index is -0.520. The van der Waals surface area contributed by atoms with Crippen molar-refractivity contribution in [2.24, 2.45) is 0 Å². The summed E-state index contributed by atoms with van der Waals surface area (Å²) >= 11 is 3.26. The van der Waals surface area contributed by atoms with Gasteiger partial charge in [-0.1, -0.05) is 18.2 Å². The number of aromatic nitrogens is 3. The number of hydrazine groups is 1. The molecule has 0 saturated carbocycles. The maximum absolute atomic E-state index is 12.7. The molecule has 0 radical (unpaired) electrons. The molecule has 4 rings (SSSR count). The minimum Gasteiger partial charge on any atom is -0.463 e. The molecule has 0 aliphatic carbocycles. The summed E-state index contributed by atoms with van der Waals surface area (Å²) in [7, 11) is 0. The number of halogens is 1. The Balaban J connectivity index is 1.60. The summed E-state index contributed by atoms with van der Waals surface area (Å²) in [5.41, 5.74) is 6.53. The van der Waals surface area contributed by atoms with E-state index in [0.29, 0.717) is 22.8 Å². The van der Waals surface area contributed by atoms with Crippen LogP contribution in [0.2, 0.25) is 0 Å². The van der Waals surface area contributed by atoms with Crippen molar-refractivity contribution in [3.8, 4) is 17.1 Å². The van der Waals surface area contributed by atoms with Gasteiger partial charge in [0.2, 0.25) is 0 Å². The molecule has 0 saturated heterocycles. The van der Waals surface area contributed by atoms with Gasteiger partial charge in [-0.05, 0) is 46.3 Å². The van der Waals surface area contributed by atoms with Gasteiger partial charge in [0, 0.05) is 16.7 Å². The minimum absolute atomic E-state index is 0.241. The van der Waals surface area contributed by atoms with Crippen LogP contribution in [0.4, 0.5) is 0 Å². The smallest absolute Gasteiger partial charge is 0.288 e. The molecule has 0 bridgehead atoms.